The average molecular weight is 483 g/mol. The summed E-state index contributed by atoms with van der Waals surface area (Å²) in [6, 6.07) is 9.03. The maximum Gasteiger partial charge on any atom is 0.329 e. The van der Waals surface area contributed by atoms with Gasteiger partial charge >= 0.3 is 11.8 Å². The first-order valence-electron chi connectivity index (χ1n) is 11.5. The van der Waals surface area contributed by atoms with Gasteiger partial charge in [-0.15, -0.1) is 0 Å². The van der Waals surface area contributed by atoms with Crippen molar-refractivity contribution in [1.29, 1.82) is 0 Å². The maximum absolute atomic E-state index is 12.5. The van der Waals surface area contributed by atoms with Crippen molar-refractivity contribution in [3.63, 3.8) is 0 Å². The molecule has 188 valence electrons. The Labute approximate surface area is 206 Å². The Morgan fingerprint density at radius 3 is 2.29 bits per heavy atom. The third-order valence-corrected chi connectivity index (χ3v) is 4.82. The Morgan fingerprint density at radius 2 is 1.66 bits per heavy atom. The van der Waals surface area contributed by atoms with E-state index in [1.807, 2.05) is 53.7 Å². The van der Waals surface area contributed by atoms with E-state index in [0.717, 1.165) is 22.4 Å². The van der Waals surface area contributed by atoms with Crippen LogP contribution in [-0.2, 0) is 14.4 Å². The van der Waals surface area contributed by atoms with Crippen LogP contribution in [0.5, 0.6) is 11.5 Å². The molecule has 0 atom stereocenters. The van der Waals surface area contributed by atoms with E-state index in [-0.39, 0.29) is 18.4 Å². The monoisotopic (exact) mass is 482 g/mol. The van der Waals surface area contributed by atoms with Crippen molar-refractivity contribution in [1.82, 2.24) is 10.7 Å². The Morgan fingerprint density at radius 1 is 0.971 bits per heavy atom. The van der Waals surface area contributed by atoms with E-state index in [1.165, 1.54) is 6.21 Å². The summed E-state index contributed by atoms with van der Waals surface area (Å²) >= 11 is 0. The predicted octanol–water partition coefficient (Wildman–Crippen LogP) is 3.25. The highest BCUT2D eigenvalue weighted by atomic mass is 16.5. The molecule has 2 aromatic rings. The molecule has 3 N–H and O–H groups in total. The number of nitrogens with zero attached hydrogens (tertiary/aromatic N) is 1. The summed E-state index contributed by atoms with van der Waals surface area (Å²) in [4.78, 5) is 36.0. The van der Waals surface area contributed by atoms with E-state index in [4.69, 9.17) is 9.47 Å². The summed E-state index contributed by atoms with van der Waals surface area (Å²) < 4.78 is 11.3. The fourth-order valence-corrected chi connectivity index (χ4v) is 3.28. The number of aryl methyl sites for hydroxylation is 3. The van der Waals surface area contributed by atoms with Gasteiger partial charge in [0.25, 0.3) is 5.91 Å². The van der Waals surface area contributed by atoms with Gasteiger partial charge in [-0.2, -0.15) is 5.10 Å². The first-order chi connectivity index (χ1) is 16.6. The lowest BCUT2D eigenvalue weighted by Crippen LogP contribution is -2.39. The van der Waals surface area contributed by atoms with E-state index < -0.39 is 11.8 Å². The molecular weight excluding hydrogens is 448 g/mol. The molecule has 0 aliphatic carbocycles. The van der Waals surface area contributed by atoms with E-state index in [9.17, 15) is 14.4 Å². The highest BCUT2D eigenvalue weighted by molar-refractivity contribution is 6.35. The molecule has 0 aromatic heterocycles. The molecule has 0 saturated heterocycles. The number of benzene rings is 2. The molecule has 2 rings (SSSR count). The summed E-state index contributed by atoms with van der Waals surface area (Å²) in [5.74, 6) is -0.830. The second-order valence-electron chi connectivity index (χ2n) is 8.55. The van der Waals surface area contributed by atoms with Crippen LogP contribution in [0.1, 0.15) is 43.0 Å². The van der Waals surface area contributed by atoms with E-state index >= 15 is 0 Å². The van der Waals surface area contributed by atoms with Crippen LogP contribution in [0.15, 0.2) is 35.4 Å². The third kappa shape index (κ3) is 8.77. The SMILES string of the molecule is CCOc1cc(/C=N\NC(=O)C(=O)NCC(C)C)ccc1OCC(=O)Nc1c(C)cc(C)cc1C. The van der Waals surface area contributed by atoms with E-state index in [2.05, 4.69) is 21.2 Å². The molecule has 0 heterocycles. The lowest BCUT2D eigenvalue weighted by atomic mass is 10.1. The Balaban J connectivity index is 1.99. The van der Waals surface area contributed by atoms with Crippen LogP contribution in [0, 0.1) is 26.7 Å². The van der Waals surface area contributed by atoms with E-state index in [1.54, 1.807) is 18.2 Å². The third-order valence-electron chi connectivity index (χ3n) is 4.82. The van der Waals surface area contributed by atoms with Crippen LogP contribution >= 0.6 is 0 Å². The van der Waals surface area contributed by atoms with Crippen LogP contribution in [0.25, 0.3) is 0 Å². The van der Waals surface area contributed by atoms with Gasteiger partial charge in [0.15, 0.2) is 18.1 Å². The zero-order valence-electron chi connectivity index (χ0n) is 21.2. The summed E-state index contributed by atoms with van der Waals surface area (Å²) in [5.41, 5.74) is 6.68. The van der Waals surface area contributed by atoms with Crippen molar-refractivity contribution in [2.24, 2.45) is 11.0 Å². The van der Waals surface area contributed by atoms with Gasteiger partial charge in [0.05, 0.1) is 12.8 Å². The highest BCUT2D eigenvalue weighted by Gasteiger charge is 2.13. The number of nitrogens with one attached hydrogen (secondary N) is 3. The fraction of sp³-hybridized carbons (Fsp3) is 0.385. The predicted molar refractivity (Wildman–Crippen MR) is 136 cm³/mol. The van der Waals surface area contributed by atoms with Crippen molar-refractivity contribution in [2.75, 3.05) is 25.1 Å². The Kier molecular flexibility index (Phi) is 10.3. The van der Waals surface area contributed by atoms with Crippen LogP contribution in [0.2, 0.25) is 0 Å². The van der Waals surface area contributed by atoms with Crippen LogP contribution < -0.4 is 25.5 Å². The first-order valence-corrected chi connectivity index (χ1v) is 11.5. The smallest absolute Gasteiger partial charge is 0.329 e. The molecule has 0 saturated carbocycles. The number of hydrogen-bond acceptors (Lipinski definition) is 6. The standard InChI is InChI=1S/C26H34N4O5/c1-7-34-22-12-20(14-28-30-26(33)25(32)27-13-16(2)3)8-9-21(22)35-15-23(31)29-24-18(5)10-17(4)11-19(24)6/h8-12,14,16H,7,13,15H2,1-6H3,(H,27,32)(H,29,31)(H,30,33)/b28-14-. The normalized spacial score (nSPS) is 10.8. The molecule has 35 heavy (non-hydrogen) atoms. The molecule has 2 aromatic carbocycles. The van der Waals surface area contributed by atoms with Crippen molar-refractivity contribution >= 4 is 29.6 Å². The number of carbonyl (C=O) groups excluding carboxylic acids is 3. The van der Waals surface area contributed by atoms with Gasteiger partial charge in [-0.1, -0.05) is 31.5 Å². The number of rotatable bonds is 10. The summed E-state index contributed by atoms with van der Waals surface area (Å²) in [6.45, 7) is 12.2. The highest BCUT2D eigenvalue weighted by Crippen LogP contribution is 2.28. The first kappa shape index (κ1) is 27.4. The fourth-order valence-electron chi connectivity index (χ4n) is 3.28. The second kappa shape index (κ2) is 13.1. The van der Waals surface area contributed by atoms with E-state index in [0.29, 0.717) is 30.2 Å². The molecule has 0 aliphatic rings. The minimum atomic E-state index is -0.850. The lowest BCUT2D eigenvalue weighted by Gasteiger charge is -2.15. The number of anilines is 1. The maximum atomic E-state index is 12.5. The molecule has 0 unspecified atom stereocenters. The van der Waals surface area contributed by atoms with Gasteiger partial charge < -0.3 is 20.1 Å². The molecule has 0 aliphatic heterocycles. The average Bonchev–Trinajstić information content (AvgIpc) is 2.79. The van der Waals surface area contributed by atoms with Gasteiger partial charge in [-0.05, 0) is 68.5 Å². The molecular formula is C26H34N4O5. The second-order valence-corrected chi connectivity index (χ2v) is 8.55. The number of carbonyl (C=O) groups is 3. The number of hydrogen-bond donors (Lipinski definition) is 3. The molecule has 0 bridgehead atoms. The largest absolute Gasteiger partial charge is 0.490 e. The van der Waals surface area contributed by atoms with Crippen molar-refractivity contribution in [2.45, 2.75) is 41.5 Å². The van der Waals surface area contributed by atoms with Crippen LogP contribution in [-0.4, -0.2) is 43.7 Å². The molecule has 0 spiro atoms. The molecule has 9 heteroatoms. The minimum absolute atomic E-state index is 0.193. The molecule has 0 radical (unpaired) electrons. The Hall–Kier alpha value is -3.88. The summed E-state index contributed by atoms with van der Waals surface area (Å²) in [5, 5.41) is 9.24. The van der Waals surface area contributed by atoms with Crippen molar-refractivity contribution < 1.29 is 23.9 Å². The lowest BCUT2D eigenvalue weighted by molar-refractivity contribution is -0.139. The molecule has 9 nitrogen and oxygen atoms in total. The topological polar surface area (TPSA) is 118 Å². The molecule has 3 amide bonds. The number of amides is 3. The van der Waals surface area contributed by atoms with Crippen molar-refractivity contribution in [3.8, 4) is 11.5 Å². The zero-order valence-corrected chi connectivity index (χ0v) is 21.2. The van der Waals surface area contributed by atoms with Gasteiger partial charge in [0, 0.05) is 12.2 Å². The van der Waals surface area contributed by atoms with Gasteiger partial charge in [0.2, 0.25) is 0 Å². The molecule has 0 fully saturated rings. The quantitative estimate of drug-likeness (QED) is 0.273. The minimum Gasteiger partial charge on any atom is -0.490 e. The number of ether oxygens (including phenoxy) is 2. The van der Waals surface area contributed by atoms with Gasteiger partial charge in [-0.3, -0.25) is 14.4 Å². The zero-order chi connectivity index (χ0) is 26.0. The number of hydrazone groups is 1. The van der Waals surface area contributed by atoms with Crippen LogP contribution in [0.4, 0.5) is 5.69 Å². The summed E-state index contributed by atoms with van der Waals surface area (Å²) in [7, 11) is 0. The summed E-state index contributed by atoms with van der Waals surface area (Å²) in [6.07, 6.45) is 1.38. The van der Waals surface area contributed by atoms with Crippen LogP contribution in [0.3, 0.4) is 0 Å². The van der Waals surface area contributed by atoms with Gasteiger partial charge in [-0.25, -0.2) is 5.43 Å². The van der Waals surface area contributed by atoms with Crippen molar-refractivity contribution in [3.05, 3.63) is 52.6 Å². The Bertz CT molecular complexity index is 1070. The van der Waals surface area contributed by atoms with Gasteiger partial charge in [0.1, 0.15) is 0 Å².